The van der Waals surface area contributed by atoms with Crippen LogP contribution in [0.25, 0.3) is 0 Å². The standard InChI is InChI=1S/C19H20N2O4S3/c1-21(2)28(24,25)17-11-6-10-16(14-17)27(22,23)20-19(18-12-7-13-26-18)15-8-4-3-5-9-15/h3-14,19-20H,1-2H3/t19-/m1/s1. The largest absolute Gasteiger partial charge is 0.242 e. The molecule has 0 saturated heterocycles. The second-order valence-corrected chi connectivity index (χ2v) is 11.1. The molecule has 1 N–H and O–H groups in total. The number of hydrogen-bond donors (Lipinski definition) is 1. The number of nitrogens with one attached hydrogen (secondary N) is 1. The predicted molar refractivity (Wildman–Crippen MR) is 110 cm³/mol. The third-order valence-electron chi connectivity index (χ3n) is 4.13. The molecule has 0 fully saturated rings. The molecule has 6 nitrogen and oxygen atoms in total. The van der Waals surface area contributed by atoms with E-state index in [1.807, 2.05) is 47.8 Å². The maximum absolute atomic E-state index is 13.0. The summed E-state index contributed by atoms with van der Waals surface area (Å²) in [6, 6.07) is 17.7. The van der Waals surface area contributed by atoms with Crippen LogP contribution < -0.4 is 4.72 Å². The molecule has 0 saturated carbocycles. The average Bonchev–Trinajstić information content (AvgIpc) is 3.21. The summed E-state index contributed by atoms with van der Waals surface area (Å²) >= 11 is 1.44. The normalized spacial score (nSPS) is 13.5. The van der Waals surface area contributed by atoms with E-state index in [0.29, 0.717) is 0 Å². The molecular weight excluding hydrogens is 416 g/mol. The van der Waals surface area contributed by atoms with Crippen molar-refractivity contribution in [2.75, 3.05) is 14.1 Å². The van der Waals surface area contributed by atoms with Crippen LogP contribution in [0.3, 0.4) is 0 Å². The molecule has 1 atom stereocenters. The lowest BCUT2D eigenvalue weighted by atomic mass is 10.1. The van der Waals surface area contributed by atoms with Crippen LogP contribution in [-0.2, 0) is 20.0 Å². The molecule has 9 heteroatoms. The molecule has 0 aliphatic carbocycles. The van der Waals surface area contributed by atoms with E-state index in [9.17, 15) is 16.8 Å². The number of thiophene rings is 1. The molecule has 28 heavy (non-hydrogen) atoms. The first-order valence-electron chi connectivity index (χ1n) is 8.35. The summed E-state index contributed by atoms with van der Waals surface area (Å²) in [6.45, 7) is 0. The SMILES string of the molecule is CN(C)S(=O)(=O)c1cccc(S(=O)(=O)N[C@H](c2ccccc2)c2cccs2)c1. The summed E-state index contributed by atoms with van der Waals surface area (Å²) < 4.78 is 54.6. The van der Waals surface area contributed by atoms with Gasteiger partial charge in [-0.05, 0) is 35.2 Å². The average molecular weight is 437 g/mol. The van der Waals surface area contributed by atoms with Gasteiger partial charge in [0.25, 0.3) is 0 Å². The highest BCUT2D eigenvalue weighted by Crippen LogP contribution is 2.28. The van der Waals surface area contributed by atoms with Crippen molar-refractivity contribution in [2.45, 2.75) is 15.8 Å². The second kappa shape index (κ2) is 8.14. The number of sulfonamides is 2. The lowest BCUT2D eigenvalue weighted by Gasteiger charge is -2.19. The maximum Gasteiger partial charge on any atom is 0.242 e. The number of rotatable bonds is 7. The Morgan fingerprint density at radius 3 is 2.14 bits per heavy atom. The van der Waals surface area contributed by atoms with Crippen molar-refractivity contribution < 1.29 is 16.8 Å². The Bertz CT molecular complexity index is 1140. The van der Waals surface area contributed by atoms with Crippen LogP contribution in [0.15, 0.2) is 81.9 Å². The van der Waals surface area contributed by atoms with Gasteiger partial charge in [-0.2, -0.15) is 4.72 Å². The van der Waals surface area contributed by atoms with E-state index in [1.54, 1.807) is 0 Å². The van der Waals surface area contributed by atoms with E-state index in [0.717, 1.165) is 14.7 Å². The lowest BCUT2D eigenvalue weighted by Crippen LogP contribution is -2.29. The molecule has 0 aliphatic rings. The van der Waals surface area contributed by atoms with Crippen molar-refractivity contribution in [3.8, 4) is 0 Å². The van der Waals surface area contributed by atoms with E-state index in [2.05, 4.69) is 4.72 Å². The van der Waals surface area contributed by atoms with Gasteiger partial charge in [-0.25, -0.2) is 21.1 Å². The van der Waals surface area contributed by atoms with Gasteiger partial charge in [0, 0.05) is 19.0 Å². The van der Waals surface area contributed by atoms with Crippen LogP contribution in [0.4, 0.5) is 0 Å². The van der Waals surface area contributed by atoms with Gasteiger partial charge in [-0.1, -0.05) is 42.5 Å². The van der Waals surface area contributed by atoms with E-state index in [4.69, 9.17) is 0 Å². The van der Waals surface area contributed by atoms with E-state index >= 15 is 0 Å². The lowest BCUT2D eigenvalue weighted by molar-refractivity contribution is 0.520. The van der Waals surface area contributed by atoms with Crippen molar-refractivity contribution in [1.82, 2.24) is 9.03 Å². The molecule has 0 radical (unpaired) electrons. The van der Waals surface area contributed by atoms with Gasteiger partial charge in [-0.15, -0.1) is 11.3 Å². The molecule has 0 unspecified atom stereocenters. The highest BCUT2D eigenvalue weighted by atomic mass is 32.2. The molecule has 0 aliphatic heterocycles. The van der Waals surface area contributed by atoms with Crippen LogP contribution in [0.1, 0.15) is 16.5 Å². The molecule has 0 amide bonds. The summed E-state index contributed by atoms with van der Waals surface area (Å²) in [4.78, 5) is 0.660. The van der Waals surface area contributed by atoms with Gasteiger partial charge in [0.1, 0.15) is 0 Å². The Hall–Kier alpha value is -2.04. The molecule has 3 rings (SSSR count). The van der Waals surface area contributed by atoms with Crippen molar-refractivity contribution >= 4 is 31.4 Å². The van der Waals surface area contributed by atoms with Crippen LogP contribution in [0, 0.1) is 0 Å². The zero-order chi connectivity index (χ0) is 20.4. The monoisotopic (exact) mass is 436 g/mol. The second-order valence-electron chi connectivity index (χ2n) is 6.24. The fourth-order valence-corrected chi connectivity index (χ4v) is 5.78. The first-order valence-corrected chi connectivity index (χ1v) is 12.2. The van der Waals surface area contributed by atoms with Crippen LogP contribution in [0.5, 0.6) is 0 Å². The topological polar surface area (TPSA) is 83.6 Å². The maximum atomic E-state index is 13.0. The van der Waals surface area contributed by atoms with Crippen molar-refractivity contribution in [2.24, 2.45) is 0 Å². The Balaban J connectivity index is 2.01. The summed E-state index contributed by atoms with van der Waals surface area (Å²) in [5, 5.41) is 1.88. The number of benzene rings is 2. The summed E-state index contributed by atoms with van der Waals surface area (Å²) in [5.74, 6) is 0. The van der Waals surface area contributed by atoms with Crippen molar-refractivity contribution in [3.05, 3.63) is 82.6 Å². The Kier molecular flexibility index (Phi) is 6.01. The summed E-state index contributed by atoms with van der Waals surface area (Å²) in [6.07, 6.45) is 0. The minimum Gasteiger partial charge on any atom is -0.207 e. The highest BCUT2D eigenvalue weighted by Gasteiger charge is 2.25. The first kappa shape index (κ1) is 20.7. The Morgan fingerprint density at radius 2 is 1.54 bits per heavy atom. The van der Waals surface area contributed by atoms with E-state index < -0.39 is 26.1 Å². The predicted octanol–water partition coefficient (Wildman–Crippen LogP) is 3.07. The minimum atomic E-state index is -3.97. The van der Waals surface area contributed by atoms with Gasteiger partial charge in [0.2, 0.25) is 20.0 Å². The van der Waals surface area contributed by atoms with Crippen molar-refractivity contribution in [3.63, 3.8) is 0 Å². The number of hydrogen-bond acceptors (Lipinski definition) is 5. The molecular formula is C19H20N2O4S3. The van der Waals surface area contributed by atoms with Gasteiger partial charge >= 0.3 is 0 Å². The molecule has 3 aromatic rings. The van der Waals surface area contributed by atoms with Gasteiger partial charge < -0.3 is 0 Å². The Labute approximate surface area is 169 Å². The van der Waals surface area contributed by atoms with Gasteiger partial charge in [-0.3, -0.25) is 0 Å². The highest BCUT2D eigenvalue weighted by molar-refractivity contribution is 7.90. The Morgan fingerprint density at radius 1 is 0.857 bits per heavy atom. The smallest absolute Gasteiger partial charge is 0.207 e. The molecule has 0 bridgehead atoms. The fourth-order valence-electron chi connectivity index (χ4n) is 2.63. The molecule has 148 valence electrons. The molecule has 1 heterocycles. The van der Waals surface area contributed by atoms with Crippen LogP contribution in [-0.4, -0.2) is 35.2 Å². The zero-order valence-corrected chi connectivity index (χ0v) is 17.8. The third-order valence-corrected chi connectivity index (χ3v) is 8.30. The van der Waals surface area contributed by atoms with Crippen LogP contribution >= 0.6 is 11.3 Å². The molecule has 1 aromatic heterocycles. The number of nitrogens with zero attached hydrogens (tertiary/aromatic N) is 1. The van der Waals surface area contributed by atoms with Crippen molar-refractivity contribution in [1.29, 1.82) is 0 Å². The third kappa shape index (κ3) is 4.34. The van der Waals surface area contributed by atoms with Crippen LogP contribution in [0.2, 0.25) is 0 Å². The first-order chi connectivity index (χ1) is 13.2. The van der Waals surface area contributed by atoms with Gasteiger partial charge in [0.05, 0.1) is 15.8 Å². The van der Waals surface area contributed by atoms with E-state index in [1.165, 1.54) is 49.7 Å². The van der Waals surface area contributed by atoms with E-state index in [-0.39, 0.29) is 9.79 Å². The summed E-state index contributed by atoms with van der Waals surface area (Å²) in [7, 11) is -4.91. The minimum absolute atomic E-state index is 0.0761. The molecule has 0 spiro atoms. The quantitative estimate of drug-likeness (QED) is 0.617. The van der Waals surface area contributed by atoms with Gasteiger partial charge in [0.15, 0.2) is 0 Å². The molecule has 2 aromatic carbocycles. The zero-order valence-electron chi connectivity index (χ0n) is 15.3. The summed E-state index contributed by atoms with van der Waals surface area (Å²) in [5.41, 5.74) is 0.797. The fraction of sp³-hybridized carbons (Fsp3) is 0.158.